The van der Waals surface area contributed by atoms with Crippen LogP contribution in [0, 0.1) is 5.92 Å². The van der Waals surface area contributed by atoms with Crippen molar-refractivity contribution in [1.29, 1.82) is 0 Å². The highest BCUT2D eigenvalue weighted by molar-refractivity contribution is 6.33. The van der Waals surface area contributed by atoms with E-state index in [9.17, 15) is 4.79 Å². The Hall–Kier alpha value is -1.26. The molecule has 1 aliphatic rings. The zero-order valence-corrected chi connectivity index (χ0v) is 11.0. The Morgan fingerprint density at radius 1 is 1.61 bits per heavy atom. The molecule has 0 bridgehead atoms. The van der Waals surface area contributed by atoms with Gasteiger partial charge in [-0.1, -0.05) is 11.6 Å². The number of nitrogens with two attached hydrogens (primary N) is 1. The summed E-state index contributed by atoms with van der Waals surface area (Å²) >= 11 is 6.11. The largest absolute Gasteiger partial charge is 0.381 e. The Kier molecular flexibility index (Phi) is 4.09. The summed E-state index contributed by atoms with van der Waals surface area (Å²) in [5.41, 5.74) is 6.45. The predicted molar refractivity (Wildman–Crippen MR) is 72.0 cm³/mol. The van der Waals surface area contributed by atoms with Crippen LogP contribution >= 0.6 is 11.6 Å². The van der Waals surface area contributed by atoms with Crippen LogP contribution in [-0.4, -0.2) is 25.2 Å². The van der Waals surface area contributed by atoms with Crippen LogP contribution in [-0.2, 0) is 4.74 Å². The third-order valence-electron chi connectivity index (χ3n) is 3.31. The molecule has 3 N–H and O–H groups in total. The first-order valence-electron chi connectivity index (χ1n) is 6.01. The molecule has 1 aromatic rings. The van der Waals surface area contributed by atoms with Crippen LogP contribution in [0.4, 0.5) is 5.69 Å². The summed E-state index contributed by atoms with van der Waals surface area (Å²) in [6.45, 7) is 3.67. The van der Waals surface area contributed by atoms with Crippen LogP contribution in [0.15, 0.2) is 18.2 Å². The third-order valence-corrected chi connectivity index (χ3v) is 3.64. The summed E-state index contributed by atoms with van der Waals surface area (Å²) < 4.78 is 5.36. The molecule has 0 aliphatic carbocycles. The van der Waals surface area contributed by atoms with E-state index in [1.165, 1.54) is 0 Å². The van der Waals surface area contributed by atoms with Gasteiger partial charge in [0.1, 0.15) is 0 Å². The topological polar surface area (TPSA) is 64.3 Å². The van der Waals surface area contributed by atoms with E-state index in [2.05, 4.69) is 12.2 Å². The van der Waals surface area contributed by atoms with Crippen molar-refractivity contribution in [3.05, 3.63) is 28.8 Å². The maximum atomic E-state index is 11.1. The van der Waals surface area contributed by atoms with Crippen molar-refractivity contribution in [3.63, 3.8) is 0 Å². The van der Waals surface area contributed by atoms with Crippen molar-refractivity contribution >= 4 is 23.2 Å². The minimum Gasteiger partial charge on any atom is -0.381 e. The van der Waals surface area contributed by atoms with E-state index in [0.29, 0.717) is 16.5 Å². The van der Waals surface area contributed by atoms with Crippen LogP contribution in [0.2, 0.25) is 5.02 Å². The van der Waals surface area contributed by atoms with E-state index >= 15 is 0 Å². The van der Waals surface area contributed by atoms with Crippen LogP contribution in [0.3, 0.4) is 0 Å². The third kappa shape index (κ3) is 2.94. The molecule has 1 heterocycles. The number of anilines is 1. The number of amides is 1. The Balaban J connectivity index is 2.12. The second-order valence-electron chi connectivity index (χ2n) is 4.62. The van der Waals surface area contributed by atoms with Crippen molar-refractivity contribution in [1.82, 2.24) is 0 Å². The Morgan fingerprint density at radius 2 is 2.39 bits per heavy atom. The van der Waals surface area contributed by atoms with Gasteiger partial charge in [-0.3, -0.25) is 4.79 Å². The molecule has 98 valence electrons. The van der Waals surface area contributed by atoms with E-state index in [0.717, 1.165) is 25.3 Å². The average Bonchev–Trinajstić information content (AvgIpc) is 2.85. The van der Waals surface area contributed by atoms with Gasteiger partial charge in [0.15, 0.2) is 0 Å². The second-order valence-corrected chi connectivity index (χ2v) is 5.02. The molecule has 2 unspecified atom stereocenters. The summed E-state index contributed by atoms with van der Waals surface area (Å²) in [4.78, 5) is 11.1. The number of nitrogens with one attached hydrogen (secondary N) is 1. The number of hydrogen-bond donors (Lipinski definition) is 2. The van der Waals surface area contributed by atoms with Gasteiger partial charge in [-0.25, -0.2) is 0 Å². The fourth-order valence-corrected chi connectivity index (χ4v) is 2.27. The van der Waals surface area contributed by atoms with Crippen LogP contribution in [0.25, 0.3) is 0 Å². The molecule has 0 spiro atoms. The summed E-state index contributed by atoms with van der Waals surface area (Å²) in [5, 5.41) is 3.92. The number of ether oxygens (including phenoxy) is 1. The van der Waals surface area contributed by atoms with Crippen LogP contribution in [0.1, 0.15) is 23.7 Å². The number of benzene rings is 1. The van der Waals surface area contributed by atoms with Gasteiger partial charge in [-0.05, 0) is 31.5 Å². The van der Waals surface area contributed by atoms with E-state index in [1.54, 1.807) is 18.2 Å². The number of primary amides is 1. The van der Waals surface area contributed by atoms with Gasteiger partial charge in [0.2, 0.25) is 5.91 Å². The Bertz CT molecular complexity index is 445. The highest BCUT2D eigenvalue weighted by Crippen LogP contribution is 2.26. The zero-order chi connectivity index (χ0) is 13.1. The van der Waals surface area contributed by atoms with Gasteiger partial charge in [-0.2, -0.15) is 0 Å². The Morgan fingerprint density at radius 3 is 3.00 bits per heavy atom. The van der Waals surface area contributed by atoms with E-state index in [-0.39, 0.29) is 6.04 Å². The average molecular weight is 269 g/mol. The molecule has 1 saturated heterocycles. The molecule has 1 amide bonds. The fraction of sp³-hybridized carbons (Fsp3) is 0.462. The quantitative estimate of drug-likeness (QED) is 0.880. The summed E-state index contributed by atoms with van der Waals surface area (Å²) in [5.74, 6) is 0.0184. The van der Waals surface area contributed by atoms with Gasteiger partial charge in [0, 0.05) is 24.1 Å². The van der Waals surface area contributed by atoms with Gasteiger partial charge < -0.3 is 15.8 Å². The molecule has 18 heavy (non-hydrogen) atoms. The SMILES string of the molecule is CC(Nc1cc(C(N)=O)ccc1Cl)C1CCOC1. The highest BCUT2D eigenvalue weighted by Gasteiger charge is 2.22. The smallest absolute Gasteiger partial charge is 0.248 e. The standard InChI is InChI=1S/C13H17ClN2O2/c1-8(10-4-5-18-7-10)16-12-6-9(13(15)17)2-3-11(12)14/h2-3,6,8,10,16H,4-5,7H2,1H3,(H2,15,17). The van der Waals surface area contributed by atoms with Gasteiger partial charge in [0.25, 0.3) is 0 Å². The molecule has 4 nitrogen and oxygen atoms in total. The van der Waals surface area contributed by atoms with E-state index < -0.39 is 5.91 Å². The minimum atomic E-state index is -0.452. The first-order valence-corrected chi connectivity index (χ1v) is 6.39. The number of halogens is 1. The number of hydrogen-bond acceptors (Lipinski definition) is 3. The molecule has 0 saturated carbocycles. The minimum absolute atomic E-state index is 0.244. The van der Waals surface area contributed by atoms with Crippen molar-refractivity contribution in [2.24, 2.45) is 11.7 Å². The number of carbonyl (C=O) groups excluding carboxylic acids is 1. The molecule has 0 aromatic heterocycles. The van der Waals surface area contributed by atoms with Gasteiger partial charge in [-0.15, -0.1) is 0 Å². The van der Waals surface area contributed by atoms with Crippen LogP contribution < -0.4 is 11.1 Å². The number of carbonyl (C=O) groups is 1. The fourth-order valence-electron chi connectivity index (χ4n) is 2.10. The first-order chi connectivity index (χ1) is 8.58. The maximum Gasteiger partial charge on any atom is 0.248 e. The lowest BCUT2D eigenvalue weighted by molar-refractivity contribution is 0.100. The van der Waals surface area contributed by atoms with E-state index in [1.807, 2.05) is 0 Å². The molecular formula is C13H17ClN2O2. The summed E-state index contributed by atoms with van der Waals surface area (Å²) in [7, 11) is 0. The van der Waals surface area contributed by atoms with Crippen molar-refractivity contribution in [2.75, 3.05) is 18.5 Å². The first kappa shape index (κ1) is 13.2. The van der Waals surface area contributed by atoms with Gasteiger partial charge >= 0.3 is 0 Å². The maximum absolute atomic E-state index is 11.1. The molecule has 1 fully saturated rings. The lowest BCUT2D eigenvalue weighted by atomic mass is 10.0. The second kappa shape index (κ2) is 5.59. The van der Waals surface area contributed by atoms with E-state index in [4.69, 9.17) is 22.1 Å². The van der Waals surface area contributed by atoms with Crippen molar-refractivity contribution in [3.8, 4) is 0 Å². The summed E-state index contributed by atoms with van der Waals surface area (Å²) in [6.07, 6.45) is 1.04. The monoisotopic (exact) mass is 268 g/mol. The van der Waals surface area contributed by atoms with Gasteiger partial charge in [0.05, 0.1) is 17.3 Å². The molecule has 2 atom stereocenters. The van der Waals surface area contributed by atoms with Crippen molar-refractivity contribution < 1.29 is 9.53 Å². The molecule has 1 aliphatic heterocycles. The lowest BCUT2D eigenvalue weighted by Crippen LogP contribution is -2.26. The molecule has 0 radical (unpaired) electrons. The number of rotatable bonds is 4. The molecular weight excluding hydrogens is 252 g/mol. The van der Waals surface area contributed by atoms with Crippen LogP contribution in [0.5, 0.6) is 0 Å². The highest BCUT2D eigenvalue weighted by atomic mass is 35.5. The molecule has 2 rings (SSSR count). The molecule has 1 aromatic carbocycles. The van der Waals surface area contributed by atoms with Crippen molar-refractivity contribution in [2.45, 2.75) is 19.4 Å². The predicted octanol–water partition coefficient (Wildman–Crippen LogP) is 2.28. The Labute approximate surface area is 111 Å². The normalized spacial score (nSPS) is 20.7. The lowest BCUT2D eigenvalue weighted by Gasteiger charge is -2.21. The zero-order valence-electron chi connectivity index (χ0n) is 10.3. The molecule has 5 heteroatoms. The summed E-state index contributed by atoms with van der Waals surface area (Å²) in [6, 6.07) is 5.24.